The molecule has 5 heteroatoms. The summed E-state index contributed by atoms with van der Waals surface area (Å²) in [5, 5.41) is 12.9. The highest BCUT2D eigenvalue weighted by atomic mass is 15.6. The van der Waals surface area contributed by atoms with Crippen LogP contribution in [0.25, 0.3) is 0 Å². The molecule has 0 saturated carbocycles. The minimum Gasteiger partial charge on any atom is -0.352 e. The molecule has 1 N–H and O–H groups in total. The molecule has 5 nitrogen and oxygen atoms in total. The SMILES string of the molecule is CCNC1=NN=N[N]1. The van der Waals surface area contributed by atoms with Crippen molar-refractivity contribution in [3.8, 4) is 0 Å². The molecular weight excluding hydrogens is 106 g/mol. The van der Waals surface area contributed by atoms with Crippen molar-refractivity contribution >= 4 is 5.96 Å². The number of guanidine groups is 1. The Bertz CT molecular complexity index is 126. The van der Waals surface area contributed by atoms with E-state index in [0.717, 1.165) is 6.54 Å². The highest BCUT2D eigenvalue weighted by Gasteiger charge is 2.00. The molecule has 8 heavy (non-hydrogen) atoms. The fourth-order valence-corrected chi connectivity index (χ4v) is 0.374. The van der Waals surface area contributed by atoms with Gasteiger partial charge in [0.1, 0.15) is 0 Å². The predicted octanol–water partition coefficient (Wildman–Crippen LogP) is -0.148. The van der Waals surface area contributed by atoms with Crippen LogP contribution in [0.15, 0.2) is 15.5 Å². The molecule has 1 aliphatic rings. The maximum Gasteiger partial charge on any atom is 0.265 e. The second-order valence-corrected chi connectivity index (χ2v) is 1.23. The molecule has 0 aromatic rings. The Kier molecular flexibility index (Phi) is 1.41. The van der Waals surface area contributed by atoms with Gasteiger partial charge in [0.25, 0.3) is 5.96 Å². The van der Waals surface area contributed by atoms with Crippen LogP contribution in [-0.2, 0) is 0 Å². The number of nitrogens with zero attached hydrogens (tertiary/aromatic N) is 4. The highest BCUT2D eigenvalue weighted by Crippen LogP contribution is 1.85. The molecule has 0 aliphatic carbocycles. The van der Waals surface area contributed by atoms with Gasteiger partial charge in [0.05, 0.1) is 0 Å². The zero-order chi connectivity index (χ0) is 5.82. The lowest BCUT2D eigenvalue weighted by Crippen LogP contribution is -2.26. The van der Waals surface area contributed by atoms with E-state index in [4.69, 9.17) is 0 Å². The van der Waals surface area contributed by atoms with Gasteiger partial charge in [0.15, 0.2) is 0 Å². The van der Waals surface area contributed by atoms with Crippen LogP contribution in [0, 0.1) is 0 Å². The van der Waals surface area contributed by atoms with Crippen LogP contribution < -0.4 is 10.7 Å². The van der Waals surface area contributed by atoms with Gasteiger partial charge in [-0.05, 0) is 17.4 Å². The van der Waals surface area contributed by atoms with Crippen LogP contribution in [0.5, 0.6) is 0 Å². The first kappa shape index (κ1) is 5.02. The first-order chi connectivity index (χ1) is 3.93. The van der Waals surface area contributed by atoms with Crippen molar-refractivity contribution in [3.63, 3.8) is 0 Å². The van der Waals surface area contributed by atoms with Crippen molar-refractivity contribution in [2.24, 2.45) is 15.5 Å². The van der Waals surface area contributed by atoms with Gasteiger partial charge >= 0.3 is 0 Å². The standard InChI is InChI=1S/C3H6N5/c1-2-4-3-5-7-8-6-3/h2H2,1H3,(H,4,5,8). The third-order valence-corrected chi connectivity index (χ3v) is 0.654. The lowest BCUT2D eigenvalue weighted by Gasteiger charge is -1.93. The normalized spacial score (nSPS) is 15.4. The van der Waals surface area contributed by atoms with Crippen LogP contribution in [0.4, 0.5) is 0 Å². The number of rotatable bonds is 1. The van der Waals surface area contributed by atoms with E-state index >= 15 is 0 Å². The molecule has 0 saturated heterocycles. The van der Waals surface area contributed by atoms with Crippen molar-refractivity contribution in [3.05, 3.63) is 0 Å². The minimum atomic E-state index is 0.493. The molecule has 0 spiro atoms. The molecule has 0 amide bonds. The summed E-state index contributed by atoms with van der Waals surface area (Å²) < 4.78 is 0. The Morgan fingerprint density at radius 2 is 2.38 bits per heavy atom. The first-order valence-corrected chi connectivity index (χ1v) is 2.36. The third-order valence-electron chi connectivity index (χ3n) is 0.654. The second kappa shape index (κ2) is 2.25. The smallest absolute Gasteiger partial charge is 0.265 e. The van der Waals surface area contributed by atoms with Gasteiger partial charge in [-0.1, -0.05) is 10.5 Å². The maximum atomic E-state index is 3.52. The summed E-state index contributed by atoms with van der Waals surface area (Å²) in [7, 11) is 0. The Morgan fingerprint density at radius 3 is 2.88 bits per heavy atom. The third kappa shape index (κ3) is 0.927. The first-order valence-electron chi connectivity index (χ1n) is 2.36. The van der Waals surface area contributed by atoms with Gasteiger partial charge in [0, 0.05) is 6.54 Å². The summed E-state index contributed by atoms with van der Waals surface area (Å²) in [6, 6.07) is 0. The molecule has 0 aromatic carbocycles. The van der Waals surface area contributed by atoms with E-state index in [-0.39, 0.29) is 0 Å². The lowest BCUT2D eigenvalue weighted by molar-refractivity contribution is 0.870. The number of nitrogens with one attached hydrogen (secondary N) is 1. The van der Waals surface area contributed by atoms with Gasteiger partial charge in [0.2, 0.25) is 0 Å². The van der Waals surface area contributed by atoms with E-state index in [2.05, 4.69) is 26.3 Å². The fraction of sp³-hybridized carbons (Fsp3) is 0.667. The molecule has 0 bridgehead atoms. The average molecular weight is 112 g/mol. The van der Waals surface area contributed by atoms with Gasteiger partial charge in [-0.2, -0.15) is 0 Å². The highest BCUT2D eigenvalue weighted by molar-refractivity contribution is 5.79. The zero-order valence-electron chi connectivity index (χ0n) is 4.50. The topological polar surface area (TPSA) is 63.2 Å². The van der Waals surface area contributed by atoms with Crippen molar-refractivity contribution in [2.75, 3.05) is 6.54 Å². The Balaban J connectivity index is 2.28. The van der Waals surface area contributed by atoms with Crippen LogP contribution >= 0.6 is 0 Å². The second-order valence-electron chi connectivity index (χ2n) is 1.23. The monoisotopic (exact) mass is 112 g/mol. The molecule has 1 aliphatic heterocycles. The summed E-state index contributed by atoms with van der Waals surface area (Å²) in [5.41, 5.74) is 3.52. The van der Waals surface area contributed by atoms with E-state index in [1.807, 2.05) is 6.92 Å². The lowest BCUT2D eigenvalue weighted by atomic mass is 10.7. The van der Waals surface area contributed by atoms with Crippen LogP contribution in [-0.4, -0.2) is 12.5 Å². The van der Waals surface area contributed by atoms with Gasteiger partial charge in [-0.15, -0.1) is 0 Å². The molecule has 1 heterocycles. The number of hydrogen-bond donors (Lipinski definition) is 1. The van der Waals surface area contributed by atoms with E-state index in [1.165, 1.54) is 0 Å². The summed E-state index contributed by atoms with van der Waals surface area (Å²) >= 11 is 0. The zero-order valence-corrected chi connectivity index (χ0v) is 4.50. The van der Waals surface area contributed by atoms with Crippen molar-refractivity contribution < 1.29 is 0 Å². The molecule has 1 rings (SSSR count). The molecule has 0 aromatic heterocycles. The number of hydrogen-bond acceptors (Lipinski definition) is 4. The largest absolute Gasteiger partial charge is 0.352 e. The molecule has 43 valence electrons. The quantitative estimate of drug-likeness (QED) is 0.503. The summed E-state index contributed by atoms with van der Waals surface area (Å²) in [6.45, 7) is 2.75. The van der Waals surface area contributed by atoms with Crippen molar-refractivity contribution in [1.82, 2.24) is 10.7 Å². The van der Waals surface area contributed by atoms with Gasteiger partial charge < -0.3 is 5.32 Å². The molecule has 0 fully saturated rings. The fourth-order valence-electron chi connectivity index (χ4n) is 0.374. The van der Waals surface area contributed by atoms with E-state index < -0.39 is 0 Å². The van der Waals surface area contributed by atoms with Crippen LogP contribution in [0.2, 0.25) is 0 Å². The summed E-state index contributed by atoms with van der Waals surface area (Å²) in [4.78, 5) is 0. The van der Waals surface area contributed by atoms with Crippen LogP contribution in [0.3, 0.4) is 0 Å². The molecule has 0 atom stereocenters. The molecular formula is C3H6N5. The Hall–Kier alpha value is -1.13. The van der Waals surface area contributed by atoms with Crippen LogP contribution in [0.1, 0.15) is 6.92 Å². The minimum absolute atomic E-state index is 0.493. The Labute approximate surface area is 46.8 Å². The van der Waals surface area contributed by atoms with Crippen molar-refractivity contribution in [2.45, 2.75) is 6.92 Å². The average Bonchev–Trinajstić information content (AvgIpc) is 2.19. The molecule has 0 unspecified atom stereocenters. The maximum absolute atomic E-state index is 3.52. The van der Waals surface area contributed by atoms with Gasteiger partial charge in [-0.3, -0.25) is 0 Å². The van der Waals surface area contributed by atoms with E-state index in [0.29, 0.717) is 5.96 Å². The van der Waals surface area contributed by atoms with Gasteiger partial charge in [-0.25, -0.2) is 0 Å². The predicted molar refractivity (Wildman–Crippen MR) is 28.1 cm³/mol. The van der Waals surface area contributed by atoms with Crippen molar-refractivity contribution in [1.29, 1.82) is 0 Å². The molecule has 1 radical (unpaired) electrons. The van der Waals surface area contributed by atoms with E-state index in [1.54, 1.807) is 0 Å². The summed E-state index contributed by atoms with van der Waals surface area (Å²) in [6.07, 6.45) is 0. The Morgan fingerprint density at radius 1 is 1.50 bits per heavy atom. The summed E-state index contributed by atoms with van der Waals surface area (Å²) in [5.74, 6) is 0.493. The van der Waals surface area contributed by atoms with E-state index in [9.17, 15) is 0 Å².